The maximum absolute atomic E-state index is 11.3. The lowest BCUT2D eigenvalue weighted by molar-refractivity contribution is 0.143. The topological polar surface area (TPSA) is 53.4 Å². The van der Waals surface area contributed by atoms with Crippen LogP contribution < -0.4 is 15.0 Å². The zero-order valence-corrected chi connectivity index (χ0v) is 14.8. The lowest BCUT2D eigenvalue weighted by Gasteiger charge is -2.14. The Balaban J connectivity index is 1.44. The Kier molecular flexibility index (Phi) is 4.21. The smallest absolute Gasteiger partial charge is 0.300 e. The number of rotatable bonds is 4. The molecule has 0 fully saturated rings. The predicted octanol–water partition coefficient (Wildman–Crippen LogP) is 3.37. The number of hydrogen-bond donors (Lipinski definition) is 0. The van der Waals surface area contributed by atoms with Crippen LogP contribution in [-0.4, -0.2) is 22.3 Å². The third-order valence-corrected chi connectivity index (χ3v) is 4.47. The van der Waals surface area contributed by atoms with Crippen LogP contribution in [0.4, 0.5) is 0 Å². The van der Waals surface area contributed by atoms with Gasteiger partial charge < -0.3 is 9.47 Å². The maximum atomic E-state index is 11.3. The quantitative estimate of drug-likeness (QED) is 0.725. The van der Waals surface area contributed by atoms with E-state index in [9.17, 15) is 4.79 Å². The first-order valence-corrected chi connectivity index (χ1v) is 8.63. The Morgan fingerprint density at radius 1 is 1.15 bits per heavy atom. The van der Waals surface area contributed by atoms with Crippen molar-refractivity contribution >= 4 is 0 Å². The zero-order chi connectivity index (χ0) is 18.1. The van der Waals surface area contributed by atoms with E-state index >= 15 is 0 Å². The van der Waals surface area contributed by atoms with Gasteiger partial charge in [0.2, 0.25) is 0 Å². The van der Waals surface area contributed by atoms with Crippen molar-refractivity contribution in [1.29, 1.82) is 0 Å². The van der Waals surface area contributed by atoms with Gasteiger partial charge in [0.1, 0.15) is 12.4 Å². The van der Waals surface area contributed by atoms with E-state index in [1.807, 2.05) is 17.6 Å². The third kappa shape index (κ3) is 3.33. The van der Waals surface area contributed by atoms with Gasteiger partial charge in [0, 0.05) is 12.3 Å². The summed E-state index contributed by atoms with van der Waals surface area (Å²) < 4.78 is 13.5. The van der Waals surface area contributed by atoms with Crippen LogP contribution in [0.2, 0.25) is 0 Å². The highest BCUT2D eigenvalue weighted by atomic mass is 16.6. The van der Waals surface area contributed by atoms with Crippen LogP contribution >= 0.6 is 0 Å². The standard InChI is InChI=1S/C21H20N2O3/c1-14-4-3-5-16(10-14)17-6-7-19(15(2)11-17)25-13-18-12-23-9-8-20(24)22-21(23)26-18/h3-11,18H,12-13H2,1-2H3/t18-/m0/s1. The Morgan fingerprint density at radius 2 is 2.00 bits per heavy atom. The molecule has 4 rings (SSSR count). The third-order valence-electron chi connectivity index (χ3n) is 4.47. The van der Waals surface area contributed by atoms with Gasteiger partial charge in [0.15, 0.2) is 6.10 Å². The molecule has 0 saturated carbocycles. The zero-order valence-electron chi connectivity index (χ0n) is 14.8. The number of benzene rings is 2. The fraction of sp³-hybridized carbons (Fsp3) is 0.238. The van der Waals surface area contributed by atoms with Crippen LogP contribution in [0.3, 0.4) is 0 Å². The molecule has 132 valence electrons. The normalized spacial score (nSPS) is 15.4. The van der Waals surface area contributed by atoms with Gasteiger partial charge in [-0.05, 0) is 42.7 Å². The average molecular weight is 348 g/mol. The van der Waals surface area contributed by atoms with E-state index < -0.39 is 0 Å². The summed E-state index contributed by atoms with van der Waals surface area (Å²) in [5.74, 6) is 0.837. The second-order valence-electron chi connectivity index (χ2n) is 6.60. The molecule has 0 bridgehead atoms. The van der Waals surface area contributed by atoms with E-state index in [4.69, 9.17) is 9.47 Å². The molecule has 0 aliphatic carbocycles. The van der Waals surface area contributed by atoms with Gasteiger partial charge in [-0.15, -0.1) is 0 Å². The van der Waals surface area contributed by atoms with E-state index in [1.54, 1.807) is 6.20 Å². The summed E-state index contributed by atoms with van der Waals surface area (Å²) in [6, 6.07) is 16.4. The molecule has 26 heavy (non-hydrogen) atoms. The van der Waals surface area contributed by atoms with Crippen LogP contribution in [0.5, 0.6) is 11.8 Å². The van der Waals surface area contributed by atoms with E-state index in [1.165, 1.54) is 22.8 Å². The first kappa shape index (κ1) is 16.4. The number of ether oxygens (including phenoxy) is 2. The van der Waals surface area contributed by atoms with Crippen molar-refractivity contribution in [3.63, 3.8) is 0 Å². The van der Waals surface area contributed by atoms with Gasteiger partial charge in [-0.25, -0.2) is 0 Å². The predicted molar refractivity (Wildman–Crippen MR) is 99.8 cm³/mol. The molecule has 0 spiro atoms. The largest absolute Gasteiger partial charge is 0.489 e. The van der Waals surface area contributed by atoms with Gasteiger partial charge in [-0.3, -0.25) is 9.36 Å². The van der Waals surface area contributed by atoms with E-state index in [2.05, 4.69) is 48.3 Å². The number of hydrogen-bond acceptors (Lipinski definition) is 4. The molecular formula is C21H20N2O3. The van der Waals surface area contributed by atoms with Crippen LogP contribution in [0.15, 0.2) is 59.5 Å². The van der Waals surface area contributed by atoms with Crippen molar-refractivity contribution in [3.8, 4) is 22.9 Å². The summed E-state index contributed by atoms with van der Waals surface area (Å²) in [6.07, 6.45) is 1.55. The lowest BCUT2D eigenvalue weighted by Crippen LogP contribution is -2.23. The van der Waals surface area contributed by atoms with Crippen LogP contribution in [0.1, 0.15) is 11.1 Å². The van der Waals surface area contributed by atoms with Crippen molar-refractivity contribution in [1.82, 2.24) is 9.55 Å². The number of nitrogens with zero attached hydrogens (tertiary/aromatic N) is 2. The number of aromatic nitrogens is 2. The minimum atomic E-state index is -0.291. The molecule has 0 saturated heterocycles. The second kappa shape index (κ2) is 6.67. The van der Waals surface area contributed by atoms with Crippen molar-refractivity contribution < 1.29 is 9.47 Å². The maximum Gasteiger partial charge on any atom is 0.300 e. The minimum absolute atomic E-state index is 0.153. The molecule has 1 aromatic heterocycles. The highest BCUT2D eigenvalue weighted by molar-refractivity contribution is 5.66. The molecule has 5 heteroatoms. The molecule has 1 aliphatic heterocycles. The van der Waals surface area contributed by atoms with Crippen molar-refractivity contribution in [2.45, 2.75) is 26.5 Å². The van der Waals surface area contributed by atoms with Gasteiger partial charge in [-0.2, -0.15) is 4.98 Å². The molecular weight excluding hydrogens is 328 g/mol. The van der Waals surface area contributed by atoms with Gasteiger partial charge in [-0.1, -0.05) is 35.9 Å². The lowest BCUT2D eigenvalue weighted by atomic mass is 10.0. The van der Waals surface area contributed by atoms with Crippen molar-refractivity contribution in [2.75, 3.05) is 6.61 Å². The van der Waals surface area contributed by atoms with Crippen molar-refractivity contribution in [2.24, 2.45) is 0 Å². The highest BCUT2D eigenvalue weighted by Crippen LogP contribution is 2.27. The SMILES string of the molecule is Cc1cccc(-c2ccc(OC[C@@H]3Cn4ccc(=O)nc4O3)c(C)c2)c1. The molecule has 1 atom stereocenters. The van der Waals surface area contributed by atoms with Gasteiger partial charge in [0.05, 0.1) is 6.54 Å². The Hall–Kier alpha value is -3.08. The summed E-state index contributed by atoms with van der Waals surface area (Å²) in [5, 5.41) is 0. The summed E-state index contributed by atoms with van der Waals surface area (Å²) in [4.78, 5) is 15.2. The minimum Gasteiger partial charge on any atom is -0.489 e. The molecule has 2 heterocycles. The molecule has 3 aromatic rings. The molecule has 1 aliphatic rings. The van der Waals surface area contributed by atoms with Gasteiger partial charge >= 0.3 is 0 Å². The fourth-order valence-electron chi connectivity index (χ4n) is 3.14. The Bertz CT molecular complexity index is 1010. The molecule has 0 N–H and O–H groups in total. The molecule has 5 nitrogen and oxygen atoms in total. The monoisotopic (exact) mass is 348 g/mol. The molecule has 0 amide bonds. The Morgan fingerprint density at radius 3 is 2.81 bits per heavy atom. The molecule has 0 radical (unpaired) electrons. The summed E-state index contributed by atoms with van der Waals surface area (Å²) in [6.45, 7) is 5.17. The first-order valence-electron chi connectivity index (χ1n) is 8.63. The van der Waals surface area contributed by atoms with E-state index in [0.717, 1.165) is 11.3 Å². The number of fused-ring (bicyclic) bond motifs is 1. The highest BCUT2D eigenvalue weighted by Gasteiger charge is 2.23. The second-order valence-corrected chi connectivity index (χ2v) is 6.60. The Labute approximate surface area is 151 Å². The van der Waals surface area contributed by atoms with Crippen LogP contribution in [0.25, 0.3) is 11.1 Å². The number of aryl methyl sites for hydroxylation is 2. The van der Waals surface area contributed by atoms with Crippen LogP contribution in [-0.2, 0) is 6.54 Å². The fourth-order valence-corrected chi connectivity index (χ4v) is 3.14. The summed E-state index contributed by atoms with van der Waals surface area (Å²) >= 11 is 0. The van der Waals surface area contributed by atoms with Gasteiger partial charge in [0.25, 0.3) is 11.6 Å². The molecule has 2 aromatic carbocycles. The summed E-state index contributed by atoms with van der Waals surface area (Å²) in [7, 11) is 0. The average Bonchev–Trinajstić information content (AvgIpc) is 3.02. The van der Waals surface area contributed by atoms with Crippen molar-refractivity contribution in [3.05, 3.63) is 76.2 Å². The van der Waals surface area contributed by atoms with E-state index in [-0.39, 0.29) is 11.7 Å². The first-order chi connectivity index (χ1) is 12.6. The summed E-state index contributed by atoms with van der Waals surface area (Å²) in [5.41, 5.74) is 4.40. The molecule has 0 unspecified atom stereocenters. The van der Waals surface area contributed by atoms with Crippen LogP contribution in [0, 0.1) is 13.8 Å². The van der Waals surface area contributed by atoms with E-state index in [0.29, 0.717) is 19.2 Å².